The smallest absolute Gasteiger partial charge is 0.320 e. The van der Waals surface area contributed by atoms with Gasteiger partial charge in [0.15, 0.2) is 0 Å². The summed E-state index contributed by atoms with van der Waals surface area (Å²) in [6.07, 6.45) is 2.28. The first-order chi connectivity index (χ1) is 8.22. The van der Waals surface area contributed by atoms with Crippen LogP contribution in [0.5, 0.6) is 0 Å². The number of amides is 2. The first kappa shape index (κ1) is 12.6. The Bertz CT molecular complexity index is 266. The molecule has 0 aromatic carbocycles. The van der Waals surface area contributed by atoms with Gasteiger partial charge in [0.25, 0.3) is 0 Å². The predicted molar refractivity (Wildman–Crippen MR) is 66.0 cm³/mol. The minimum absolute atomic E-state index is 0.118. The quantitative estimate of drug-likeness (QED) is 0.780. The van der Waals surface area contributed by atoms with Gasteiger partial charge >= 0.3 is 6.03 Å². The molecule has 0 saturated carbocycles. The topological polar surface area (TPSA) is 44.8 Å². The van der Waals surface area contributed by atoms with Crippen LogP contribution in [0.15, 0.2) is 0 Å². The number of hydrogen-bond acceptors (Lipinski definition) is 3. The van der Waals surface area contributed by atoms with Crippen molar-refractivity contribution in [3.05, 3.63) is 0 Å². The molecule has 5 nitrogen and oxygen atoms in total. The second kappa shape index (κ2) is 5.69. The Labute approximate surface area is 103 Å². The van der Waals surface area contributed by atoms with Crippen molar-refractivity contribution >= 4 is 6.03 Å². The number of methoxy groups -OCH3 is 1. The second-order valence-electron chi connectivity index (χ2n) is 4.95. The fraction of sp³-hybridized carbons (Fsp3) is 0.917. The third-order valence-corrected chi connectivity index (χ3v) is 3.76. The molecule has 2 amide bonds. The Morgan fingerprint density at radius 3 is 2.76 bits per heavy atom. The van der Waals surface area contributed by atoms with Gasteiger partial charge in [0.05, 0.1) is 6.10 Å². The molecule has 0 aromatic rings. The summed E-state index contributed by atoms with van der Waals surface area (Å²) in [5, 5.41) is 3.33. The van der Waals surface area contributed by atoms with Crippen LogP contribution in [0.25, 0.3) is 0 Å². The Morgan fingerprint density at radius 1 is 1.41 bits per heavy atom. The van der Waals surface area contributed by atoms with Gasteiger partial charge in [0.1, 0.15) is 0 Å². The monoisotopic (exact) mass is 241 g/mol. The molecule has 0 bridgehead atoms. The third-order valence-electron chi connectivity index (χ3n) is 3.76. The molecule has 0 radical (unpaired) electrons. The zero-order chi connectivity index (χ0) is 12.3. The van der Waals surface area contributed by atoms with E-state index in [0.717, 1.165) is 39.0 Å². The summed E-state index contributed by atoms with van der Waals surface area (Å²) < 4.78 is 5.22. The summed E-state index contributed by atoms with van der Waals surface area (Å²) in [6, 6.07) is 0.632. The van der Waals surface area contributed by atoms with Gasteiger partial charge in [-0.15, -0.1) is 0 Å². The van der Waals surface area contributed by atoms with Crippen molar-refractivity contribution in [1.29, 1.82) is 0 Å². The van der Waals surface area contributed by atoms with Gasteiger partial charge in [-0.2, -0.15) is 0 Å². The highest BCUT2D eigenvalue weighted by atomic mass is 16.5. The first-order valence-electron chi connectivity index (χ1n) is 6.51. The van der Waals surface area contributed by atoms with E-state index in [-0.39, 0.29) is 12.1 Å². The van der Waals surface area contributed by atoms with Gasteiger partial charge in [-0.1, -0.05) is 0 Å². The van der Waals surface area contributed by atoms with E-state index in [4.69, 9.17) is 4.74 Å². The Hall–Kier alpha value is -0.810. The van der Waals surface area contributed by atoms with Crippen molar-refractivity contribution in [1.82, 2.24) is 15.1 Å². The van der Waals surface area contributed by atoms with E-state index < -0.39 is 0 Å². The Morgan fingerprint density at radius 2 is 2.12 bits per heavy atom. The van der Waals surface area contributed by atoms with Crippen molar-refractivity contribution in [3.8, 4) is 0 Å². The highest BCUT2D eigenvalue weighted by Gasteiger charge is 2.34. The summed E-state index contributed by atoms with van der Waals surface area (Å²) in [7, 11) is 1.69. The van der Waals surface area contributed by atoms with Gasteiger partial charge in [-0.25, -0.2) is 4.79 Å². The third kappa shape index (κ3) is 2.90. The van der Waals surface area contributed by atoms with E-state index in [1.807, 2.05) is 16.7 Å². The molecule has 0 spiro atoms. The zero-order valence-corrected chi connectivity index (χ0v) is 10.8. The summed E-state index contributed by atoms with van der Waals surface area (Å²) in [5.74, 6) is 0. The van der Waals surface area contributed by atoms with Crippen molar-refractivity contribution in [2.45, 2.75) is 31.9 Å². The summed E-state index contributed by atoms with van der Waals surface area (Å²) >= 11 is 0. The fourth-order valence-corrected chi connectivity index (χ4v) is 2.61. The lowest BCUT2D eigenvalue weighted by Gasteiger charge is -2.31. The standard InChI is InChI=1S/C12H23N3O2/c1-10(17-2)9-14-7-8-15(12(14)16)11-3-5-13-6-4-11/h10-11,13H,3-9H2,1-2H3. The molecule has 98 valence electrons. The molecule has 1 unspecified atom stereocenters. The average molecular weight is 241 g/mol. The molecule has 1 N–H and O–H groups in total. The summed E-state index contributed by atoms with van der Waals surface area (Å²) in [4.78, 5) is 16.2. The summed E-state index contributed by atoms with van der Waals surface area (Å²) in [5.41, 5.74) is 0. The number of nitrogens with zero attached hydrogens (tertiary/aromatic N) is 2. The van der Waals surface area contributed by atoms with E-state index in [2.05, 4.69) is 5.32 Å². The number of piperidine rings is 1. The number of urea groups is 1. The lowest BCUT2D eigenvalue weighted by Crippen LogP contribution is -2.45. The van der Waals surface area contributed by atoms with Crippen molar-refractivity contribution < 1.29 is 9.53 Å². The molecule has 17 heavy (non-hydrogen) atoms. The molecule has 0 aliphatic carbocycles. The number of carbonyl (C=O) groups is 1. The largest absolute Gasteiger partial charge is 0.380 e. The molecule has 0 aromatic heterocycles. The van der Waals surface area contributed by atoms with Crippen LogP contribution in [0, 0.1) is 0 Å². The number of carbonyl (C=O) groups excluding carboxylic acids is 1. The highest BCUT2D eigenvalue weighted by molar-refractivity contribution is 5.77. The predicted octanol–water partition coefficient (Wildman–Crippen LogP) is 0.511. The Balaban J connectivity index is 1.88. The molecule has 2 heterocycles. The van der Waals surface area contributed by atoms with E-state index >= 15 is 0 Å². The molecule has 2 saturated heterocycles. The maximum Gasteiger partial charge on any atom is 0.320 e. The van der Waals surface area contributed by atoms with Crippen LogP contribution in [0.4, 0.5) is 4.79 Å². The lowest BCUT2D eigenvalue weighted by atomic mass is 10.1. The minimum Gasteiger partial charge on any atom is -0.380 e. The minimum atomic E-state index is 0.118. The summed E-state index contributed by atoms with van der Waals surface area (Å²) in [6.45, 7) is 6.49. The SMILES string of the molecule is COC(C)CN1CCN(C2CCNCC2)C1=O. The van der Waals surface area contributed by atoms with E-state index in [1.165, 1.54) is 0 Å². The molecule has 2 aliphatic rings. The van der Waals surface area contributed by atoms with Crippen LogP contribution >= 0.6 is 0 Å². The lowest BCUT2D eigenvalue weighted by molar-refractivity contribution is 0.0888. The van der Waals surface area contributed by atoms with Gasteiger partial charge < -0.3 is 19.9 Å². The van der Waals surface area contributed by atoms with Crippen LogP contribution in [0.2, 0.25) is 0 Å². The van der Waals surface area contributed by atoms with Gasteiger partial charge in [-0.05, 0) is 32.9 Å². The van der Waals surface area contributed by atoms with Gasteiger partial charge in [0.2, 0.25) is 0 Å². The molecule has 2 fully saturated rings. The maximum atomic E-state index is 12.2. The fourth-order valence-electron chi connectivity index (χ4n) is 2.61. The second-order valence-corrected chi connectivity index (χ2v) is 4.95. The molecular weight excluding hydrogens is 218 g/mol. The molecule has 1 atom stereocenters. The van der Waals surface area contributed by atoms with E-state index in [1.54, 1.807) is 7.11 Å². The van der Waals surface area contributed by atoms with E-state index in [9.17, 15) is 4.79 Å². The zero-order valence-electron chi connectivity index (χ0n) is 10.8. The molecule has 2 aliphatic heterocycles. The van der Waals surface area contributed by atoms with Gasteiger partial charge in [0, 0.05) is 32.8 Å². The van der Waals surface area contributed by atoms with Crippen LogP contribution in [-0.4, -0.2) is 67.8 Å². The van der Waals surface area contributed by atoms with E-state index in [0.29, 0.717) is 12.6 Å². The van der Waals surface area contributed by atoms with Crippen molar-refractivity contribution in [3.63, 3.8) is 0 Å². The van der Waals surface area contributed by atoms with Crippen LogP contribution in [-0.2, 0) is 4.74 Å². The Kier molecular flexibility index (Phi) is 4.23. The highest BCUT2D eigenvalue weighted by Crippen LogP contribution is 2.18. The van der Waals surface area contributed by atoms with Crippen LogP contribution in [0.3, 0.4) is 0 Å². The number of rotatable bonds is 4. The number of nitrogens with one attached hydrogen (secondary N) is 1. The first-order valence-corrected chi connectivity index (χ1v) is 6.51. The van der Waals surface area contributed by atoms with Crippen molar-refractivity contribution in [2.24, 2.45) is 0 Å². The molecule has 5 heteroatoms. The normalized spacial score (nSPS) is 24.5. The maximum absolute atomic E-state index is 12.2. The van der Waals surface area contributed by atoms with Crippen molar-refractivity contribution in [2.75, 3.05) is 39.8 Å². The molecule has 2 rings (SSSR count). The van der Waals surface area contributed by atoms with Crippen LogP contribution < -0.4 is 5.32 Å². The average Bonchev–Trinajstić information content (AvgIpc) is 2.72. The number of ether oxygens (including phenoxy) is 1. The van der Waals surface area contributed by atoms with Gasteiger partial charge in [-0.3, -0.25) is 0 Å². The molecular formula is C12H23N3O2. The van der Waals surface area contributed by atoms with Crippen LogP contribution in [0.1, 0.15) is 19.8 Å². The number of hydrogen-bond donors (Lipinski definition) is 1.